The van der Waals surface area contributed by atoms with Crippen LogP contribution in [-0.2, 0) is 0 Å². The summed E-state index contributed by atoms with van der Waals surface area (Å²) in [7, 11) is 0. The third-order valence-electron chi connectivity index (χ3n) is 3.51. The van der Waals surface area contributed by atoms with E-state index < -0.39 is 0 Å². The highest BCUT2D eigenvalue weighted by atomic mass is 32.1. The van der Waals surface area contributed by atoms with Crippen molar-refractivity contribution in [3.05, 3.63) is 16.1 Å². The summed E-state index contributed by atoms with van der Waals surface area (Å²) >= 11 is 1.43. The molecule has 0 saturated heterocycles. The standard InChI is InChI=1S/C14H22N2O2S/c1-14(2,8-17)6-3-7-15-13(18)12-11(10-4-5-10)16-9-19-12/h9-10,17H,3-8H2,1-2H3,(H,15,18). The molecular formula is C14H22N2O2S. The Labute approximate surface area is 118 Å². The predicted octanol–water partition coefficient (Wildman–Crippen LogP) is 2.55. The van der Waals surface area contributed by atoms with E-state index in [1.807, 2.05) is 13.8 Å². The van der Waals surface area contributed by atoms with Gasteiger partial charge in [0.15, 0.2) is 0 Å². The normalized spacial score (nSPS) is 15.5. The van der Waals surface area contributed by atoms with Crippen molar-refractivity contribution in [2.75, 3.05) is 13.2 Å². The summed E-state index contributed by atoms with van der Waals surface area (Å²) in [5.74, 6) is 0.520. The summed E-state index contributed by atoms with van der Waals surface area (Å²) in [6.45, 7) is 4.90. The Kier molecular flexibility index (Phi) is 4.58. The van der Waals surface area contributed by atoms with Gasteiger partial charge in [-0.05, 0) is 31.1 Å². The molecule has 0 bridgehead atoms. The minimum Gasteiger partial charge on any atom is -0.396 e. The molecule has 1 aromatic rings. The van der Waals surface area contributed by atoms with Crippen molar-refractivity contribution in [2.24, 2.45) is 5.41 Å². The van der Waals surface area contributed by atoms with Crippen LogP contribution in [-0.4, -0.2) is 29.1 Å². The summed E-state index contributed by atoms with van der Waals surface area (Å²) in [5, 5.41) is 12.1. The molecule has 106 valence electrons. The molecule has 0 radical (unpaired) electrons. The highest BCUT2D eigenvalue weighted by molar-refractivity contribution is 7.11. The monoisotopic (exact) mass is 282 g/mol. The van der Waals surface area contributed by atoms with Gasteiger partial charge in [-0.25, -0.2) is 4.98 Å². The minimum atomic E-state index is -0.0611. The van der Waals surface area contributed by atoms with Gasteiger partial charge in [0.05, 0.1) is 11.2 Å². The van der Waals surface area contributed by atoms with E-state index in [1.54, 1.807) is 5.51 Å². The quantitative estimate of drug-likeness (QED) is 0.755. The topological polar surface area (TPSA) is 62.2 Å². The lowest BCUT2D eigenvalue weighted by atomic mass is 9.89. The number of hydrogen-bond acceptors (Lipinski definition) is 4. The maximum absolute atomic E-state index is 12.1. The molecule has 5 heteroatoms. The lowest BCUT2D eigenvalue weighted by molar-refractivity contribution is 0.0951. The number of aromatic nitrogens is 1. The Balaban J connectivity index is 1.77. The molecule has 1 heterocycles. The molecule has 0 aromatic carbocycles. The van der Waals surface area contributed by atoms with Gasteiger partial charge in [0, 0.05) is 19.1 Å². The molecule has 0 aliphatic heterocycles. The van der Waals surface area contributed by atoms with Gasteiger partial charge in [0.1, 0.15) is 4.88 Å². The largest absolute Gasteiger partial charge is 0.396 e. The average Bonchev–Trinajstić information content (AvgIpc) is 3.12. The highest BCUT2D eigenvalue weighted by Crippen LogP contribution is 2.41. The van der Waals surface area contributed by atoms with Crippen LogP contribution in [0.15, 0.2) is 5.51 Å². The number of thiazole rings is 1. The average molecular weight is 282 g/mol. The predicted molar refractivity (Wildman–Crippen MR) is 76.5 cm³/mol. The lowest BCUT2D eigenvalue weighted by Crippen LogP contribution is -2.26. The molecule has 1 amide bonds. The molecule has 4 nitrogen and oxygen atoms in total. The molecule has 2 N–H and O–H groups in total. The minimum absolute atomic E-state index is 0.00574. The van der Waals surface area contributed by atoms with Gasteiger partial charge in [-0.1, -0.05) is 13.8 Å². The van der Waals surface area contributed by atoms with E-state index in [2.05, 4.69) is 10.3 Å². The molecule has 2 rings (SSSR count). The summed E-state index contributed by atoms with van der Waals surface area (Å²) < 4.78 is 0. The number of aliphatic hydroxyl groups is 1. The molecule has 0 spiro atoms. The first-order valence-corrected chi connectivity index (χ1v) is 7.74. The number of nitrogens with zero attached hydrogens (tertiary/aromatic N) is 1. The maximum Gasteiger partial charge on any atom is 0.263 e. The van der Waals surface area contributed by atoms with E-state index in [9.17, 15) is 4.79 Å². The van der Waals surface area contributed by atoms with Crippen molar-refractivity contribution in [1.82, 2.24) is 10.3 Å². The van der Waals surface area contributed by atoms with E-state index in [-0.39, 0.29) is 17.9 Å². The second-order valence-corrected chi connectivity index (χ2v) is 6.88. The fourth-order valence-corrected chi connectivity index (χ4v) is 2.79. The molecule has 1 aliphatic rings. The third kappa shape index (κ3) is 4.01. The van der Waals surface area contributed by atoms with Crippen LogP contribution in [0, 0.1) is 5.41 Å². The summed E-state index contributed by atoms with van der Waals surface area (Å²) in [6, 6.07) is 0. The molecule has 1 saturated carbocycles. The Bertz CT molecular complexity index is 438. The van der Waals surface area contributed by atoms with Crippen LogP contribution < -0.4 is 5.32 Å². The molecule has 19 heavy (non-hydrogen) atoms. The first-order chi connectivity index (χ1) is 9.03. The number of carbonyl (C=O) groups is 1. The number of amides is 1. The van der Waals surface area contributed by atoms with Crippen LogP contribution in [0.4, 0.5) is 0 Å². The van der Waals surface area contributed by atoms with Crippen molar-refractivity contribution in [3.8, 4) is 0 Å². The van der Waals surface area contributed by atoms with Gasteiger partial charge in [-0.15, -0.1) is 11.3 Å². The summed E-state index contributed by atoms with van der Waals surface area (Å²) in [5.41, 5.74) is 2.68. The molecular weight excluding hydrogens is 260 g/mol. The van der Waals surface area contributed by atoms with E-state index in [4.69, 9.17) is 5.11 Å². The smallest absolute Gasteiger partial charge is 0.263 e. The Morgan fingerprint density at radius 2 is 2.32 bits per heavy atom. The second kappa shape index (κ2) is 6.01. The van der Waals surface area contributed by atoms with Crippen LogP contribution in [0.2, 0.25) is 0 Å². The summed E-state index contributed by atoms with van der Waals surface area (Å²) in [6.07, 6.45) is 4.11. The number of carbonyl (C=O) groups excluding carboxylic acids is 1. The molecule has 0 unspecified atom stereocenters. The van der Waals surface area contributed by atoms with Crippen LogP contribution in [0.3, 0.4) is 0 Å². The van der Waals surface area contributed by atoms with Crippen LogP contribution in [0.1, 0.15) is 60.8 Å². The summed E-state index contributed by atoms with van der Waals surface area (Å²) in [4.78, 5) is 17.1. The fraction of sp³-hybridized carbons (Fsp3) is 0.714. The number of nitrogens with one attached hydrogen (secondary N) is 1. The van der Waals surface area contributed by atoms with Crippen molar-refractivity contribution >= 4 is 17.2 Å². The fourth-order valence-electron chi connectivity index (χ4n) is 2.00. The molecule has 0 atom stereocenters. The van der Waals surface area contributed by atoms with E-state index in [0.29, 0.717) is 12.5 Å². The molecule has 1 fully saturated rings. The highest BCUT2D eigenvalue weighted by Gasteiger charge is 2.30. The van der Waals surface area contributed by atoms with Gasteiger partial charge < -0.3 is 10.4 Å². The zero-order chi connectivity index (χ0) is 13.9. The number of hydrogen-bond donors (Lipinski definition) is 2. The van der Waals surface area contributed by atoms with E-state index in [1.165, 1.54) is 11.3 Å². The first kappa shape index (κ1) is 14.5. The second-order valence-electron chi connectivity index (χ2n) is 6.02. The lowest BCUT2D eigenvalue weighted by Gasteiger charge is -2.21. The Morgan fingerprint density at radius 1 is 1.58 bits per heavy atom. The Hall–Kier alpha value is -0.940. The van der Waals surface area contributed by atoms with Gasteiger partial charge in [-0.3, -0.25) is 4.79 Å². The van der Waals surface area contributed by atoms with Crippen molar-refractivity contribution in [1.29, 1.82) is 0 Å². The van der Waals surface area contributed by atoms with Gasteiger partial charge >= 0.3 is 0 Å². The first-order valence-electron chi connectivity index (χ1n) is 6.86. The van der Waals surface area contributed by atoms with Crippen LogP contribution >= 0.6 is 11.3 Å². The van der Waals surface area contributed by atoms with E-state index >= 15 is 0 Å². The van der Waals surface area contributed by atoms with Crippen molar-refractivity contribution in [2.45, 2.75) is 45.4 Å². The van der Waals surface area contributed by atoms with Crippen molar-refractivity contribution < 1.29 is 9.90 Å². The number of rotatable bonds is 7. The molecule has 1 aliphatic carbocycles. The molecule has 1 aromatic heterocycles. The van der Waals surface area contributed by atoms with Crippen molar-refractivity contribution in [3.63, 3.8) is 0 Å². The van der Waals surface area contributed by atoms with Crippen LogP contribution in [0.5, 0.6) is 0 Å². The van der Waals surface area contributed by atoms with Gasteiger partial charge in [0.2, 0.25) is 0 Å². The maximum atomic E-state index is 12.1. The SMILES string of the molecule is CC(C)(CO)CCCNC(=O)c1scnc1C1CC1. The zero-order valence-electron chi connectivity index (χ0n) is 11.6. The van der Waals surface area contributed by atoms with Gasteiger partial charge in [-0.2, -0.15) is 0 Å². The van der Waals surface area contributed by atoms with Gasteiger partial charge in [0.25, 0.3) is 5.91 Å². The third-order valence-corrected chi connectivity index (χ3v) is 4.35. The van der Waals surface area contributed by atoms with E-state index in [0.717, 1.165) is 36.3 Å². The number of aliphatic hydroxyl groups excluding tert-OH is 1. The zero-order valence-corrected chi connectivity index (χ0v) is 12.4. The van der Waals surface area contributed by atoms with Crippen LogP contribution in [0.25, 0.3) is 0 Å². The Morgan fingerprint density at radius 3 is 2.95 bits per heavy atom.